The summed E-state index contributed by atoms with van der Waals surface area (Å²) >= 11 is 0. The standard InChI is InChI=1S/C26H22F2O6/c1-14-8-16(33-13-17-18(27)6-5-7-19(17)28)12-20-24(14)25(29)21(34-20)9-15-10-22(30-2)26(32-4)23(11-15)31-3/h5-12H,13H2,1-4H3/b21-9-. The van der Waals surface area contributed by atoms with E-state index in [9.17, 15) is 13.6 Å². The molecule has 0 aliphatic carbocycles. The molecule has 1 heterocycles. The summed E-state index contributed by atoms with van der Waals surface area (Å²) < 4.78 is 55.2. The third kappa shape index (κ3) is 4.26. The Hall–Kier alpha value is -4.07. The number of benzene rings is 3. The second kappa shape index (κ2) is 9.43. The normalized spacial score (nSPS) is 13.5. The van der Waals surface area contributed by atoms with Gasteiger partial charge in [0.2, 0.25) is 11.5 Å². The second-order valence-electron chi connectivity index (χ2n) is 7.50. The van der Waals surface area contributed by atoms with Gasteiger partial charge in [-0.2, -0.15) is 0 Å². The number of rotatable bonds is 7. The number of hydrogen-bond acceptors (Lipinski definition) is 6. The molecule has 0 unspecified atom stereocenters. The van der Waals surface area contributed by atoms with E-state index in [4.69, 9.17) is 23.7 Å². The summed E-state index contributed by atoms with van der Waals surface area (Å²) in [6, 6.07) is 10.2. The molecule has 0 atom stereocenters. The van der Waals surface area contributed by atoms with Crippen molar-refractivity contribution in [2.24, 2.45) is 0 Å². The highest BCUT2D eigenvalue weighted by Gasteiger charge is 2.30. The lowest BCUT2D eigenvalue weighted by atomic mass is 10.0. The van der Waals surface area contributed by atoms with Crippen LogP contribution in [0.25, 0.3) is 6.08 Å². The minimum absolute atomic E-state index is 0.102. The van der Waals surface area contributed by atoms with Gasteiger partial charge in [0.15, 0.2) is 17.3 Å². The molecule has 34 heavy (non-hydrogen) atoms. The van der Waals surface area contributed by atoms with Crippen LogP contribution >= 0.6 is 0 Å². The van der Waals surface area contributed by atoms with Crippen LogP contribution in [0.15, 0.2) is 48.2 Å². The Morgan fingerprint density at radius 2 is 1.59 bits per heavy atom. The highest BCUT2D eigenvalue weighted by Crippen LogP contribution is 2.41. The molecule has 0 spiro atoms. The molecule has 1 aliphatic heterocycles. The van der Waals surface area contributed by atoms with Crippen LogP contribution in [-0.4, -0.2) is 27.1 Å². The molecule has 176 valence electrons. The topological polar surface area (TPSA) is 63.2 Å². The molecule has 3 aromatic carbocycles. The fourth-order valence-corrected chi connectivity index (χ4v) is 3.72. The van der Waals surface area contributed by atoms with E-state index in [0.717, 1.165) is 12.1 Å². The van der Waals surface area contributed by atoms with Crippen LogP contribution in [-0.2, 0) is 6.61 Å². The van der Waals surface area contributed by atoms with Crippen LogP contribution in [0.1, 0.15) is 27.0 Å². The Balaban J connectivity index is 1.62. The van der Waals surface area contributed by atoms with Crippen LogP contribution < -0.4 is 23.7 Å². The number of fused-ring (bicyclic) bond motifs is 1. The van der Waals surface area contributed by atoms with E-state index in [0.29, 0.717) is 45.4 Å². The Morgan fingerprint density at radius 1 is 0.941 bits per heavy atom. The number of ether oxygens (including phenoxy) is 5. The van der Waals surface area contributed by atoms with Gasteiger partial charge < -0.3 is 23.7 Å². The fourth-order valence-electron chi connectivity index (χ4n) is 3.72. The number of methoxy groups -OCH3 is 3. The molecule has 0 N–H and O–H groups in total. The summed E-state index contributed by atoms with van der Waals surface area (Å²) in [5, 5.41) is 0. The molecule has 3 aromatic rings. The lowest BCUT2D eigenvalue weighted by molar-refractivity contribution is 0.101. The molecule has 0 fully saturated rings. The quantitative estimate of drug-likeness (QED) is 0.427. The molecule has 1 aliphatic rings. The smallest absolute Gasteiger partial charge is 0.232 e. The van der Waals surface area contributed by atoms with Crippen molar-refractivity contribution in [3.63, 3.8) is 0 Å². The number of halogens is 2. The molecule has 0 saturated heterocycles. The van der Waals surface area contributed by atoms with E-state index in [1.807, 2.05) is 0 Å². The minimum Gasteiger partial charge on any atom is -0.493 e. The van der Waals surface area contributed by atoms with E-state index in [2.05, 4.69) is 0 Å². The van der Waals surface area contributed by atoms with Crippen LogP contribution in [0, 0.1) is 18.6 Å². The van der Waals surface area contributed by atoms with Gasteiger partial charge in [0.1, 0.15) is 29.7 Å². The zero-order valence-electron chi connectivity index (χ0n) is 19.0. The molecule has 6 nitrogen and oxygen atoms in total. The van der Waals surface area contributed by atoms with Crippen molar-refractivity contribution in [3.8, 4) is 28.7 Å². The predicted molar refractivity (Wildman–Crippen MR) is 121 cm³/mol. The highest BCUT2D eigenvalue weighted by atomic mass is 19.1. The summed E-state index contributed by atoms with van der Waals surface area (Å²) in [6.07, 6.45) is 1.57. The average Bonchev–Trinajstić information content (AvgIpc) is 3.13. The Kier molecular flexibility index (Phi) is 6.40. The molecule has 0 aromatic heterocycles. The molecule has 0 saturated carbocycles. The van der Waals surface area contributed by atoms with Gasteiger partial charge in [0.25, 0.3) is 0 Å². The van der Waals surface area contributed by atoms with Crippen molar-refractivity contribution in [3.05, 3.63) is 82.1 Å². The van der Waals surface area contributed by atoms with Crippen molar-refractivity contribution in [1.29, 1.82) is 0 Å². The first kappa shape index (κ1) is 23.1. The highest BCUT2D eigenvalue weighted by molar-refractivity contribution is 6.15. The van der Waals surface area contributed by atoms with Gasteiger partial charge in [-0.15, -0.1) is 0 Å². The van der Waals surface area contributed by atoms with Crippen LogP contribution in [0.2, 0.25) is 0 Å². The van der Waals surface area contributed by atoms with Gasteiger partial charge in [-0.3, -0.25) is 4.79 Å². The van der Waals surface area contributed by atoms with Crippen LogP contribution in [0.5, 0.6) is 28.7 Å². The maximum atomic E-state index is 13.9. The average molecular weight is 468 g/mol. The van der Waals surface area contributed by atoms with Gasteiger partial charge in [-0.1, -0.05) is 6.07 Å². The maximum absolute atomic E-state index is 13.9. The molecule has 4 rings (SSSR count). The van der Waals surface area contributed by atoms with E-state index < -0.39 is 11.6 Å². The first-order chi connectivity index (χ1) is 16.4. The summed E-state index contributed by atoms with van der Waals surface area (Å²) in [4.78, 5) is 13.0. The van der Waals surface area contributed by atoms with Crippen molar-refractivity contribution >= 4 is 11.9 Å². The van der Waals surface area contributed by atoms with Gasteiger partial charge in [0.05, 0.1) is 32.5 Å². The predicted octanol–water partition coefficient (Wildman–Crippen LogP) is 5.49. The van der Waals surface area contributed by atoms with E-state index >= 15 is 0 Å². The minimum atomic E-state index is -0.695. The summed E-state index contributed by atoms with van der Waals surface area (Å²) in [6.45, 7) is 1.43. The molecular weight excluding hydrogens is 446 g/mol. The molecule has 0 bridgehead atoms. The number of ketones is 1. The molecule has 0 amide bonds. The first-order valence-electron chi connectivity index (χ1n) is 10.3. The summed E-state index contributed by atoms with van der Waals surface area (Å²) in [7, 11) is 4.50. The Morgan fingerprint density at radius 3 is 2.18 bits per heavy atom. The van der Waals surface area contributed by atoms with Crippen LogP contribution in [0.3, 0.4) is 0 Å². The van der Waals surface area contributed by atoms with E-state index in [-0.39, 0.29) is 23.7 Å². The molecule has 8 heteroatoms. The molecular formula is C26H22F2O6. The van der Waals surface area contributed by atoms with Crippen molar-refractivity contribution in [2.75, 3.05) is 21.3 Å². The van der Waals surface area contributed by atoms with Gasteiger partial charge in [-0.25, -0.2) is 8.78 Å². The fraction of sp³-hybridized carbons (Fsp3) is 0.192. The maximum Gasteiger partial charge on any atom is 0.232 e. The lowest BCUT2D eigenvalue weighted by Gasteiger charge is -2.13. The number of aryl methyl sites for hydroxylation is 1. The van der Waals surface area contributed by atoms with Crippen LogP contribution in [0.4, 0.5) is 8.78 Å². The van der Waals surface area contributed by atoms with Gasteiger partial charge in [-0.05, 0) is 54.5 Å². The Bertz CT molecular complexity index is 1250. The summed E-state index contributed by atoms with van der Waals surface area (Å²) in [5.74, 6) is 0.330. The summed E-state index contributed by atoms with van der Waals surface area (Å²) in [5.41, 5.74) is 1.43. The number of carbonyl (C=O) groups excluding carboxylic acids is 1. The number of allylic oxidation sites excluding steroid dienone is 1. The zero-order valence-corrected chi connectivity index (χ0v) is 19.0. The number of hydrogen-bond donors (Lipinski definition) is 0. The number of carbonyl (C=O) groups is 1. The largest absolute Gasteiger partial charge is 0.493 e. The Labute approximate surface area is 195 Å². The van der Waals surface area contributed by atoms with E-state index in [1.54, 1.807) is 31.2 Å². The lowest BCUT2D eigenvalue weighted by Crippen LogP contribution is -2.02. The monoisotopic (exact) mass is 468 g/mol. The van der Waals surface area contributed by atoms with Crippen molar-refractivity contribution in [2.45, 2.75) is 13.5 Å². The first-order valence-corrected chi connectivity index (χ1v) is 10.3. The zero-order chi connectivity index (χ0) is 24.4. The number of Topliss-reactive ketones (excluding diaryl/α,β-unsaturated/α-hetero) is 1. The third-order valence-corrected chi connectivity index (χ3v) is 5.37. The van der Waals surface area contributed by atoms with E-state index in [1.165, 1.54) is 33.5 Å². The SMILES string of the molecule is COc1cc(/C=C2\Oc3cc(OCc4c(F)cccc4F)cc(C)c3C2=O)cc(OC)c1OC. The van der Waals surface area contributed by atoms with Crippen molar-refractivity contribution < 1.29 is 37.3 Å². The third-order valence-electron chi connectivity index (χ3n) is 5.37. The van der Waals surface area contributed by atoms with Crippen molar-refractivity contribution in [1.82, 2.24) is 0 Å². The van der Waals surface area contributed by atoms with Gasteiger partial charge >= 0.3 is 0 Å². The second-order valence-corrected chi connectivity index (χ2v) is 7.50. The van der Waals surface area contributed by atoms with Gasteiger partial charge in [0, 0.05) is 6.07 Å². The molecule has 0 radical (unpaired) electrons.